The number of hydrogen-bond acceptors (Lipinski definition) is 4. The van der Waals surface area contributed by atoms with E-state index in [-0.39, 0.29) is 0 Å². The van der Waals surface area contributed by atoms with Crippen molar-refractivity contribution in [3.63, 3.8) is 0 Å². The Morgan fingerprint density at radius 1 is 1.45 bits per heavy atom. The van der Waals surface area contributed by atoms with Crippen molar-refractivity contribution in [1.82, 2.24) is 4.98 Å². The Balaban J connectivity index is 1.69. The molecule has 4 nitrogen and oxygen atoms in total. The fourth-order valence-corrected chi connectivity index (χ4v) is 2.97. The largest absolute Gasteiger partial charge is 0.478 e. The standard InChI is InChI=1S/C15H16N2O2S/c1-9-4-11(15(18)19)6-12(5-9)16-7-14-17-13(8-20-14)10-2-3-10/h4-6,8,10,16H,2-3,7H2,1H3,(H,18,19). The van der Waals surface area contributed by atoms with E-state index in [0.29, 0.717) is 18.0 Å². The van der Waals surface area contributed by atoms with Gasteiger partial charge in [-0.15, -0.1) is 11.3 Å². The van der Waals surface area contributed by atoms with E-state index in [1.165, 1.54) is 18.5 Å². The number of thiazole rings is 1. The van der Waals surface area contributed by atoms with Gasteiger partial charge >= 0.3 is 5.97 Å². The van der Waals surface area contributed by atoms with Gasteiger partial charge in [0.1, 0.15) is 5.01 Å². The zero-order valence-corrected chi connectivity index (χ0v) is 12.0. The third kappa shape index (κ3) is 2.99. The van der Waals surface area contributed by atoms with E-state index in [9.17, 15) is 4.79 Å². The molecule has 20 heavy (non-hydrogen) atoms. The Bertz CT molecular complexity index is 647. The fraction of sp³-hybridized carbons (Fsp3) is 0.333. The lowest BCUT2D eigenvalue weighted by atomic mass is 10.1. The highest BCUT2D eigenvalue weighted by molar-refractivity contribution is 7.09. The van der Waals surface area contributed by atoms with Crippen molar-refractivity contribution in [3.05, 3.63) is 45.4 Å². The van der Waals surface area contributed by atoms with Gasteiger partial charge in [0.05, 0.1) is 17.8 Å². The summed E-state index contributed by atoms with van der Waals surface area (Å²) in [7, 11) is 0. The van der Waals surface area contributed by atoms with Gasteiger partial charge in [0, 0.05) is 17.0 Å². The molecule has 0 radical (unpaired) electrons. The Morgan fingerprint density at radius 3 is 2.95 bits per heavy atom. The summed E-state index contributed by atoms with van der Waals surface area (Å²) in [5, 5.41) is 15.5. The van der Waals surface area contributed by atoms with Crippen molar-refractivity contribution in [2.45, 2.75) is 32.2 Å². The average molecular weight is 288 g/mol. The predicted molar refractivity (Wildman–Crippen MR) is 79.6 cm³/mol. The normalized spacial score (nSPS) is 14.2. The average Bonchev–Trinajstić information content (AvgIpc) is 3.15. The number of aromatic nitrogens is 1. The lowest BCUT2D eigenvalue weighted by Crippen LogP contribution is -2.03. The maximum absolute atomic E-state index is 11.0. The Hall–Kier alpha value is -1.88. The van der Waals surface area contributed by atoms with Crippen LogP contribution in [0.15, 0.2) is 23.6 Å². The van der Waals surface area contributed by atoms with Crippen molar-refractivity contribution in [2.24, 2.45) is 0 Å². The van der Waals surface area contributed by atoms with Gasteiger partial charge in [0.25, 0.3) is 0 Å². The summed E-state index contributed by atoms with van der Waals surface area (Å²) in [4.78, 5) is 15.6. The smallest absolute Gasteiger partial charge is 0.335 e. The van der Waals surface area contributed by atoms with Crippen LogP contribution in [0.2, 0.25) is 0 Å². The highest BCUT2D eigenvalue weighted by Crippen LogP contribution is 2.40. The second-order valence-corrected chi connectivity index (χ2v) is 6.13. The molecule has 1 aromatic heterocycles. The van der Waals surface area contributed by atoms with Crippen molar-refractivity contribution in [1.29, 1.82) is 0 Å². The molecular weight excluding hydrogens is 272 g/mol. The third-order valence-corrected chi connectivity index (χ3v) is 4.20. The molecule has 0 unspecified atom stereocenters. The Labute approximate surface area is 121 Å². The summed E-state index contributed by atoms with van der Waals surface area (Å²) in [6, 6.07) is 5.27. The van der Waals surface area contributed by atoms with Crippen LogP contribution in [0.3, 0.4) is 0 Å². The summed E-state index contributed by atoms with van der Waals surface area (Å²) >= 11 is 1.66. The summed E-state index contributed by atoms with van der Waals surface area (Å²) in [5.74, 6) is -0.223. The number of nitrogens with zero attached hydrogens (tertiary/aromatic N) is 1. The van der Waals surface area contributed by atoms with E-state index in [0.717, 1.165) is 16.3 Å². The molecule has 0 atom stereocenters. The third-order valence-electron chi connectivity index (χ3n) is 3.33. The first kappa shape index (κ1) is 13.1. The number of hydrogen-bond donors (Lipinski definition) is 2. The molecule has 2 aromatic rings. The topological polar surface area (TPSA) is 62.2 Å². The number of carbonyl (C=O) groups is 1. The lowest BCUT2D eigenvalue weighted by molar-refractivity contribution is 0.0697. The van der Waals surface area contributed by atoms with Gasteiger partial charge in [-0.05, 0) is 43.5 Å². The van der Waals surface area contributed by atoms with Gasteiger partial charge in [0.2, 0.25) is 0 Å². The Morgan fingerprint density at radius 2 is 2.25 bits per heavy atom. The molecule has 1 saturated carbocycles. The van der Waals surface area contributed by atoms with Crippen LogP contribution >= 0.6 is 11.3 Å². The zero-order chi connectivity index (χ0) is 14.1. The highest BCUT2D eigenvalue weighted by Gasteiger charge is 2.25. The van der Waals surface area contributed by atoms with Crippen molar-refractivity contribution >= 4 is 23.0 Å². The molecule has 0 bridgehead atoms. The number of rotatable bonds is 5. The minimum absolute atomic E-state index is 0.310. The summed E-state index contributed by atoms with van der Waals surface area (Å²) in [6.45, 7) is 2.53. The molecule has 0 amide bonds. The fourth-order valence-electron chi connectivity index (χ4n) is 2.16. The second kappa shape index (κ2) is 5.25. The van der Waals surface area contributed by atoms with E-state index in [2.05, 4.69) is 15.7 Å². The number of carboxylic acids is 1. The van der Waals surface area contributed by atoms with E-state index in [1.54, 1.807) is 23.5 Å². The quantitative estimate of drug-likeness (QED) is 0.881. The van der Waals surface area contributed by atoms with Gasteiger partial charge in [-0.3, -0.25) is 0 Å². The van der Waals surface area contributed by atoms with E-state index in [1.807, 2.05) is 13.0 Å². The highest BCUT2D eigenvalue weighted by atomic mass is 32.1. The molecular formula is C15H16N2O2S. The molecule has 3 rings (SSSR count). The van der Waals surface area contributed by atoms with E-state index < -0.39 is 5.97 Å². The summed E-state index contributed by atoms with van der Waals surface area (Å²) in [5.41, 5.74) is 3.28. The molecule has 0 saturated heterocycles. The van der Waals surface area contributed by atoms with Gasteiger partial charge < -0.3 is 10.4 Å². The number of benzene rings is 1. The number of nitrogens with one attached hydrogen (secondary N) is 1. The molecule has 5 heteroatoms. The molecule has 1 fully saturated rings. The van der Waals surface area contributed by atoms with Gasteiger partial charge in [0.15, 0.2) is 0 Å². The zero-order valence-electron chi connectivity index (χ0n) is 11.2. The van der Waals surface area contributed by atoms with Crippen LogP contribution < -0.4 is 5.32 Å². The van der Waals surface area contributed by atoms with Crippen LogP contribution in [0.25, 0.3) is 0 Å². The van der Waals surface area contributed by atoms with Crippen LogP contribution in [-0.4, -0.2) is 16.1 Å². The monoisotopic (exact) mass is 288 g/mol. The lowest BCUT2D eigenvalue weighted by Gasteiger charge is -2.07. The predicted octanol–water partition coefficient (Wildman–Crippen LogP) is 3.64. The molecule has 1 aliphatic carbocycles. The SMILES string of the molecule is Cc1cc(NCc2nc(C3CC3)cs2)cc(C(=O)O)c1. The first-order valence-corrected chi connectivity index (χ1v) is 7.53. The first-order chi connectivity index (χ1) is 9.61. The Kier molecular flexibility index (Phi) is 3.44. The summed E-state index contributed by atoms with van der Waals surface area (Å²) < 4.78 is 0. The molecule has 104 valence electrons. The molecule has 0 aliphatic heterocycles. The van der Waals surface area contributed by atoms with E-state index in [4.69, 9.17) is 5.11 Å². The van der Waals surface area contributed by atoms with Crippen LogP contribution in [0.5, 0.6) is 0 Å². The molecule has 2 N–H and O–H groups in total. The van der Waals surface area contributed by atoms with Crippen LogP contribution in [-0.2, 0) is 6.54 Å². The van der Waals surface area contributed by atoms with Crippen LogP contribution in [0.1, 0.15) is 45.4 Å². The van der Waals surface area contributed by atoms with Gasteiger partial charge in [-0.25, -0.2) is 9.78 Å². The van der Waals surface area contributed by atoms with E-state index >= 15 is 0 Å². The number of anilines is 1. The van der Waals surface area contributed by atoms with Gasteiger partial charge in [-0.2, -0.15) is 0 Å². The van der Waals surface area contributed by atoms with Crippen molar-refractivity contribution < 1.29 is 9.90 Å². The number of carboxylic acid groups (broad SMARTS) is 1. The van der Waals surface area contributed by atoms with Crippen LogP contribution in [0.4, 0.5) is 5.69 Å². The molecule has 1 aliphatic rings. The number of aryl methyl sites for hydroxylation is 1. The molecule has 1 aromatic carbocycles. The maximum atomic E-state index is 11.0. The van der Waals surface area contributed by atoms with Crippen molar-refractivity contribution in [3.8, 4) is 0 Å². The van der Waals surface area contributed by atoms with Gasteiger partial charge in [-0.1, -0.05) is 0 Å². The second-order valence-electron chi connectivity index (χ2n) is 5.19. The van der Waals surface area contributed by atoms with Crippen LogP contribution in [0, 0.1) is 6.92 Å². The maximum Gasteiger partial charge on any atom is 0.335 e. The number of aromatic carboxylic acids is 1. The minimum Gasteiger partial charge on any atom is -0.478 e. The molecule has 0 spiro atoms. The molecule has 1 heterocycles. The first-order valence-electron chi connectivity index (χ1n) is 6.65. The van der Waals surface area contributed by atoms with Crippen molar-refractivity contribution in [2.75, 3.05) is 5.32 Å². The summed E-state index contributed by atoms with van der Waals surface area (Å²) in [6.07, 6.45) is 2.52. The minimum atomic E-state index is -0.901.